The highest BCUT2D eigenvalue weighted by molar-refractivity contribution is 5.81. The predicted molar refractivity (Wildman–Crippen MR) is 109 cm³/mol. The van der Waals surface area contributed by atoms with Crippen LogP contribution >= 0.6 is 0 Å². The quantitative estimate of drug-likeness (QED) is 0.317. The van der Waals surface area contributed by atoms with E-state index in [-0.39, 0.29) is 17.9 Å². The molecule has 0 atom stereocenters. The maximum absolute atomic E-state index is 11.9. The van der Waals surface area contributed by atoms with E-state index in [1.165, 1.54) is 0 Å². The second-order valence-electron chi connectivity index (χ2n) is 7.35. The number of nitrogens with one attached hydrogen (secondary N) is 1. The van der Waals surface area contributed by atoms with Gasteiger partial charge in [0.05, 0.1) is 46.2 Å². The van der Waals surface area contributed by atoms with Crippen molar-refractivity contribution in [1.82, 2.24) is 10.2 Å². The Kier molecular flexibility index (Phi) is 16.0. The van der Waals surface area contributed by atoms with Crippen molar-refractivity contribution in [3.05, 3.63) is 0 Å². The van der Waals surface area contributed by atoms with Crippen molar-refractivity contribution in [3.8, 4) is 0 Å². The number of carboxylic acid groups (broad SMARTS) is 1. The van der Waals surface area contributed by atoms with Crippen molar-refractivity contribution < 1.29 is 28.9 Å². The third-order valence-corrected chi connectivity index (χ3v) is 4.51. The third-order valence-electron chi connectivity index (χ3n) is 4.51. The fraction of sp³-hybridized carbons (Fsp3) is 0.900. The Morgan fingerprint density at radius 2 is 1.50 bits per heavy atom. The Hall–Kier alpha value is -1.22. The first kappa shape index (κ1) is 26.8. The van der Waals surface area contributed by atoms with E-state index in [2.05, 4.69) is 12.2 Å². The number of nitrogens with zero attached hydrogens (tertiary/aromatic N) is 1. The molecule has 0 aliphatic carbocycles. The van der Waals surface area contributed by atoms with Gasteiger partial charge in [-0.25, -0.2) is 0 Å². The highest BCUT2D eigenvalue weighted by Crippen LogP contribution is 2.18. The van der Waals surface area contributed by atoms with Crippen molar-refractivity contribution in [2.24, 2.45) is 5.41 Å². The number of amides is 1. The zero-order valence-corrected chi connectivity index (χ0v) is 18.1. The molecule has 0 bridgehead atoms. The smallest absolute Gasteiger partial charge is 0.317 e. The van der Waals surface area contributed by atoms with Crippen LogP contribution in [0.1, 0.15) is 47.0 Å². The molecule has 0 saturated heterocycles. The van der Waals surface area contributed by atoms with E-state index in [0.717, 1.165) is 25.8 Å². The lowest BCUT2D eigenvalue weighted by molar-refractivity contribution is -0.138. The summed E-state index contributed by atoms with van der Waals surface area (Å²) in [6.07, 6.45) is 2.82. The Labute approximate surface area is 169 Å². The van der Waals surface area contributed by atoms with Crippen LogP contribution in [0.25, 0.3) is 0 Å². The van der Waals surface area contributed by atoms with Crippen LogP contribution in [-0.2, 0) is 23.8 Å². The Morgan fingerprint density at radius 1 is 0.929 bits per heavy atom. The molecule has 166 valence electrons. The summed E-state index contributed by atoms with van der Waals surface area (Å²) in [6.45, 7) is 12.7. The Bertz CT molecular complexity index is 418. The van der Waals surface area contributed by atoms with Gasteiger partial charge in [-0.15, -0.1) is 0 Å². The lowest BCUT2D eigenvalue weighted by Crippen LogP contribution is -2.38. The van der Waals surface area contributed by atoms with Crippen LogP contribution in [-0.4, -0.2) is 87.7 Å². The van der Waals surface area contributed by atoms with E-state index in [0.29, 0.717) is 52.7 Å². The summed E-state index contributed by atoms with van der Waals surface area (Å²) < 4.78 is 16.3. The number of hydrogen-bond donors (Lipinski definition) is 2. The lowest BCUT2D eigenvalue weighted by atomic mass is 9.89. The number of carbonyl (C=O) groups excluding carboxylic acids is 1. The van der Waals surface area contributed by atoms with Crippen LogP contribution in [0.3, 0.4) is 0 Å². The lowest BCUT2D eigenvalue weighted by Gasteiger charge is -2.21. The molecule has 0 aliphatic heterocycles. The van der Waals surface area contributed by atoms with E-state index in [4.69, 9.17) is 19.3 Å². The fourth-order valence-corrected chi connectivity index (χ4v) is 2.22. The number of unbranched alkanes of at least 4 members (excludes halogenated alkanes) is 1. The molecule has 0 unspecified atom stereocenters. The van der Waals surface area contributed by atoms with Crippen LogP contribution in [0.15, 0.2) is 0 Å². The molecule has 0 rings (SSSR count). The molecule has 0 aromatic rings. The van der Waals surface area contributed by atoms with Gasteiger partial charge >= 0.3 is 5.97 Å². The number of carbonyl (C=O) groups is 2. The first-order valence-electron chi connectivity index (χ1n) is 10.3. The minimum absolute atomic E-state index is 0.0450. The molecule has 0 saturated carbocycles. The highest BCUT2D eigenvalue weighted by atomic mass is 16.5. The summed E-state index contributed by atoms with van der Waals surface area (Å²) in [7, 11) is 0. The zero-order valence-electron chi connectivity index (χ0n) is 18.1. The van der Waals surface area contributed by atoms with Gasteiger partial charge in [-0.05, 0) is 19.4 Å². The van der Waals surface area contributed by atoms with Gasteiger partial charge in [0.2, 0.25) is 5.91 Å². The summed E-state index contributed by atoms with van der Waals surface area (Å²) in [5.41, 5.74) is -0.343. The fourth-order valence-electron chi connectivity index (χ4n) is 2.22. The minimum atomic E-state index is -0.812. The number of hydrogen-bond acceptors (Lipinski definition) is 6. The number of ether oxygens (including phenoxy) is 3. The van der Waals surface area contributed by atoms with Gasteiger partial charge in [-0.2, -0.15) is 0 Å². The topological polar surface area (TPSA) is 97.3 Å². The maximum atomic E-state index is 11.9. The van der Waals surface area contributed by atoms with Crippen LogP contribution < -0.4 is 5.32 Å². The molecule has 2 N–H and O–H groups in total. The Balaban J connectivity index is 3.50. The zero-order chi connectivity index (χ0) is 21.3. The van der Waals surface area contributed by atoms with Crippen molar-refractivity contribution >= 4 is 11.9 Å². The molecule has 28 heavy (non-hydrogen) atoms. The molecule has 0 aromatic heterocycles. The predicted octanol–water partition coefficient (Wildman–Crippen LogP) is 1.78. The summed E-state index contributed by atoms with van der Waals surface area (Å²) in [5.74, 6) is -0.767. The number of aliphatic carboxylic acids is 1. The summed E-state index contributed by atoms with van der Waals surface area (Å²) in [4.78, 5) is 24.6. The molecule has 1 amide bonds. The van der Waals surface area contributed by atoms with Gasteiger partial charge < -0.3 is 24.6 Å². The molecule has 8 heteroatoms. The largest absolute Gasteiger partial charge is 0.480 e. The van der Waals surface area contributed by atoms with E-state index in [9.17, 15) is 9.59 Å². The molecule has 8 nitrogen and oxygen atoms in total. The third kappa shape index (κ3) is 14.8. The molecule has 0 radical (unpaired) electrons. The molecule has 0 heterocycles. The minimum Gasteiger partial charge on any atom is -0.480 e. The van der Waals surface area contributed by atoms with Crippen LogP contribution in [0.5, 0.6) is 0 Å². The van der Waals surface area contributed by atoms with Crippen LogP contribution in [0.4, 0.5) is 0 Å². The van der Waals surface area contributed by atoms with Gasteiger partial charge in [0.15, 0.2) is 0 Å². The van der Waals surface area contributed by atoms with Crippen molar-refractivity contribution in [1.29, 1.82) is 0 Å². The van der Waals surface area contributed by atoms with Gasteiger partial charge in [0.25, 0.3) is 0 Å². The molecular weight excluding hydrogens is 364 g/mol. The number of rotatable bonds is 19. The molecule has 0 spiro atoms. The monoisotopic (exact) mass is 404 g/mol. The standard InChI is InChI=1S/C20H40N2O6/c1-5-7-9-22(17-18(23)24)10-12-27-14-16-28-15-13-26-11-8-21-19(25)20(3,4)6-2/h5-17H2,1-4H3,(H,21,25)(H,23,24). The summed E-state index contributed by atoms with van der Waals surface area (Å²) >= 11 is 0. The van der Waals surface area contributed by atoms with Crippen molar-refractivity contribution in [2.45, 2.75) is 47.0 Å². The summed E-state index contributed by atoms with van der Waals surface area (Å²) in [6, 6.07) is 0. The molecular formula is C20H40N2O6. The van der Waals surface area contributed by atoms with Gasteiger partial charge in [0.1, 0.15) is 0 Å². The van der Waals surface area contributed by atoms with E-state index in [1.807, 2.05) is 25.7 Å². The van der Waals surface area contributed by atoms with Crippen LogP contribution in [0, 0.1) is 5.41 Å². The normalized spacial score (nSPS) is 11.8. The SMILES string of the molecule is CCCCN(CCOCCOCCOCCNC(=O)C(C)(C)CC)CC(=O)O. The van der Waals surface area contributed by atoms with Crippen LogP contribution in [0.2, 0.25) is 0 Å². The first-order valence-corrected chi connectivity index (χ1v) is 10.3. The molecule has 0 fully saturated rings. The van der Waals surface area contributed by atoms with Gasteiger partial charge in [-0.1, -0.05) is 34.1 Å². The molecule has 0 aliphatic rings. The van der Waals surface area contributed by atoms with Gasteiger partial charge in [0, 0.05) is 18.5 Å². The van der Waals surface area contributed by atoms with Crippen molar-refractivity contribution in [3.63, 3.8) is 0 Å². The highest BCUT2D eigenvalue weighted by Gasteiger charge is 2.24. The average Bonchev–Trinajstić information content (AvgIpc) is 2.65. The van der Waals surface area contributed by atoms with Crippen molar-refractivity contribution in [2.75, 3.05) is 65.8 Å². The summed E-state index contributed by atoms with van der Waals surface area (Å²) in [5, 5.41) is 11.8. The second kappa shape index (κ2) is 16.7. The first-order chi connectivity index (χ1) is 13.3. The Morgan fingerprint density at radius 3 is 2.04 bits per heavy atom. The average molecular weight is 405 g/mol. The van der Waals surface area contributed by atoms with E-state index in [1.54, 1.807) is 0 Å². The maximum Gasteiger partial charge on any atom is 0.317 e. The molecule has 0 aromatic carbocycles. The van der Waals surface area contributed by atoms with Gasteiger partial charge in [-0.3, -0.25) is 14.5 Å². The number of carboxylic acids is 1. The van der Waals surface area contributed by atoms with E-state index < -0.39 is 5.97 Å². The van der Waals surface area contributed by atoms with E-state index >= 15 is 0 Å². The second-order valence-corrected chi connectivity index (χ2v) is 7.35.